The van der Waals surface area contributed by atoms with Crippen molar-refractivity contribution in [1.82, 2.24) is 0 Å². The van der Waals surface area contributed by atoms with Crippen LogP contribution in [-0.2, 0) is 6.42 Å². The zero-order chi connectivity index (χ0) is 12.4. The average Bonchev–Trinajstić information content (AvgIpc) is 2.38. The maximum atomic E-state index is 8.72. The molecule has 0 bridgehead atoms. The number of nitrogens with zero attached hydrogens (tertiary/aromatic N) is 1. The largest absolute Gasteiger partial charge is 0.396 e. The minimum absolute atomic E-state index is 0.261. The number of rotatable bonds is 5. The molecule has 1 aromatic rings. The molecule has 1 N–H and O–H groups in total. The molecule has 0 aliphatic rings. The molecule has 1 rings (SSSR count). The van der Waals surface area contributed by atoms with Crippen molar-refractivity contribution in [2.75, 3.05) is 25.1 Å². The first-order chi connectivity index (χ1) is 7.77. The molecular weight excluding hydrogens is 198 g/mol. The van der Waals surface area contributed by atoms with Gasteiger partial charge >= 0.3 is 0 Å². The van der Waals surface area contributed by atoms with E-state index in [4.69, 9.17) is 5.11 Å². The first-order valence-electron chi connectivity index (χ1n) is 6.19. The maximum Gasteiger partial charge on any atom is 0.0447 e. The van der Waals surface area contributed by atoms with Crippen LogP contribution in [0.4, 0.5) is 5.69 Å². The molecule has 0 unspecified atom stereocenters. The maximum absolute atomic E-state index is 8.72. The van der Waals surface area contributed by atoms with Gasteiger partial charge in [0.25, 0.3) is 0 Å². The van der Waals surface area contributed by atoms with Crippen molar-refractivity contribution in [3.05, 3.63) is 29.8 Å². The molecule has 92 valence electrons. The molecule has 0 amide bonds. The highest BCUT2D eigenvalue weighted by Crippen LogP contribution is 2.14. The Balaban J connectivity index is 0.00000106. The molecule has 0 radical (unpaired) electrons. The summed E-state index contributed by atoms with van der Waals surface area (Å²) in [5.74, 6) is 0. The Labute approximate surface area is 99.9 Å². The van der Waals surface area contributed by atoms with E-state index in [0.717, 1.165) is 19.4 Å². The zero-order valence-corrected chi connectivity index (χ0v) is 11.0. The van der Waals surface area contributed by atoms with Gasteiger partial charge in [0, 0.05) is 25.9 Å². The smallest absolute Gasteiger partial charge is 0.0447 e. The van der Waals surface area contributed by atoms with E-state index in [1.54, 1.807) is 0 Å². The minimum Gasteiger partial charge on any atom is -0.396 e. The Morgan fingerprint density at radius 1 is 1.12 bits per heavy atom. The number of aliphatic hydroxyl groups is 1. The quantitative estimate of drug-likeness (QED) is 0.829. The SMILES string of the molecule is CC.CCc1ccc(N(C)CCCO)cc1. The Kier molecular flexibility index (Phi) is 8.64. The van der Waals surface area contributed by atoms with Crippen LogP contribution >= 0.6 is 0 Å². The van der Waals surface area contributed by atoms with E-state index < -0.39 is 0 Å². The highest BCUT2D eigenvalue weighted by molar-refractivity contribution is 5.46. The van der Waals surface area contributed by atoms with Gasteiger partial charge in [0.2, 0.25) is 0 Å². The Morgan fingerprint density at radius 3 is 2.12 bits per heavy atom. The van der Waals surface area contributed by atoms with Crippen LogP contribution in [0.25, 0.3) is 0 Å². The zero-order valence-electron chi connectivity index (χ0n) is 11.0. The predicted molar refractivity (Wildman–Crippen MR) is 72.1 cm³/mol. The van der Waals surface area contributed by atoms with Crippen LogP contribution in [0, 0.1) is 0 Å². The Hall–Kier alpha value is -1.02. The first kappa shape index (κ1) is 15.0. The average molecular weight is 223 g/mol. The lowest BCUT2D eigenvalue weighted by molar-refractivity contribution is 0.290. The van der Waals surface area contributed by atoms with Gasteiger partial charge in [-0.05, 0) is 30.5 Å². The van der Waals surface area contributed by atoms with E-state index >= 15 is 0 Å². The number of hydrogen-bond acceptors (Lipinski definition) is 2. The first-order valence-corrected chi connectivity index (χ1v) is 6.19. The monoisotopic (exact) mass is 223 g/mol. The number of hydrogen-bond donors (Lipinski definition) is 1. The molecule has 0 saturated carbocycles. The summed E-state index contributed by atoms with van der Waals surface area (Å²) in [6.45, 7) is 7.32. The molecular formula is C14H25NO. The lowest BCUT2D eigenvalue weighted by Crippen LogP contribution is -2.19. The Morgan fingerprint density at radius 2 is 1.69 bits per heavy atom. The molecule has 0 aliphatic heterocycles. The predicted octanol–water partition coefficient (Wildman–Crippen LogP) is 3.09. The van der Waals surface area contributed by atoms with Crippen molar-refractivity contribution < 1.29 is 5.11 Å². The highest BCUT2D eigenvalue weighted by atomic mass is 16.3. The van der Waals surface area contributed by atoms with Crippen molar-refractivity contribution in [1.29, 1.82) is 0 Å². The number of aliphatic hydroxyl groups excluding tert-OH is 1. The summed E-state index contributed by atoms with van der Waals surface area (Å²) >= 11 is 0. The normalized spacial score (nSPS) is 9.31. The van der Waals surface area contributed by atoms with Gasteiger partial charge in [-0.1, -0.05) is 32.9 Å². The third kappa shape index (κ3) is 5.17. The van der Waals surface area contributed by atoms with Gasteiger partial charge in [0.1, 0.15) is 0 Å². The molecule has 2 heteroatoms. The molecule has 1 aromatic carbocycles. The second-order valence-corrected chi connectivity index (χ2v) is 3.52. The summed E-state index contributed by atoms with van der Waals surface area (Å²) in [7, 11) is 2.05. The summed E-state index contributed by atoms with van der Waals surface area (Å²) in [6.07, 6.45) is 1.91. The van der Waals surface area contributed by atoms with E-state index in [2.05, 4.69) is 43.1 Å². The van der Waals surface area contributed by atoms with Crippen molar-refractivity contribution in [3.8, 4) is 0 Å². The molecule has 0 heterocycles. The van der Waals surface area contributed by atoms with Crippen LogP contribution in [0.1, 0.15) is 32.8 Å². The van der Waals surface area contributed by atoms with Crippen LogP contribution in [0.2, 0.25) is 0 Å². The summed E-state index contributed by atoms with van der Waals surface area (Å²) in [5.41, 5.74) is 2.58. The van der Waals surface area contributed by atoms with Crippen LogP contribution in [-0.4, -0.2) is 25.3 Å². The van der Waals surface area contributed by atoms with Gasteiger partial charge in [-0.25, -0.2) is 0 Å². The van der Waals surface area contributed by atoms with Crippen LogP contribution in [0.5, 0.6) is 0 Å². The molecule has 0 aromatic heterocycles. The number of anilines is 1. The van der Waals surface area contributed by atoms with Gasteiger partial charge in [-0.3, -0.25) is 0 Å². The molecule has 0 fully saturated rings. The van der Waals surface area contributed by atoms with E-state index in [1.165, 1.54) is 11.3 Å². The molecule has 16 heavy (non-hydrogen) atoms. The standard InChI is InChI=1S/C12H19NO.C2H6/c1-3-11-5-7-12(8-6-11)13(2)9-4-10-14;1-2/h5-8,14H,3-4,9-10H2,1-2H3;1-2H3. The van der Waals surface area contributed by atoms with Crippen LogP contribution in [0.15, 0.2) is 24.3 Å². The fourth-order valence-electron chi connectivity index (χ4n) is 1.42. The summed E-state index contributed by atoms with van der Waals surface area (Å²) in [6, 6.07) is 8.59. The summed E-state index contributed by atoms with van der Waals surface area (Å²) in [4.78, 5) is 2.16. The third-order valence-electron chi connectivity index (χ3n) is 2.44. The van der Waals surface area contributed by atoms with Gasteiger partial charge in [0.05, 0.1) is 0 Å². The van der Waals surface area contributed by atoms with Crippen molar-refractivity contribution in [2.24, 2.45) is 0 Å². The fraction of sp³-hybridized carbons (Fsp3) is 0.571. The van der Waals surface area contributed by atoms with Crippen LogP contribution < -0.4 is 4.90 Å². The van der Waals surface area contributed by atoms with Gasteiger partial charge < -0.3 is 10.0 Å². The Bertz CT molecular complexity index is 256. The van der Waals surface area contributed by atoms with Crippen molar-refractivity contribution >= 4 is 5.69 Å². The van der Waals surface area contributed by atoms with E-state index in [1.807, 2.05) is 13.8 Å². The van der Waals surface area contributed by atoms with Crippen molar-refractivity contribution in [3.63, 3.8) is 0 Å². The molecule has 0 spiro atoms. The van der Waals surface area contributed by atoms with E-state index in [0.29, 0.717) is 0 Å². The van der Waals surface area contributed by atoms with Gasteiger partial charge in [-0.2, -0.15) is 0 Å². The fourth-order valence-corrected chi connectivity index (χ4v) is 1.42. The minimum atomic E-state index is 0.261. The van der Waals surface area contributed by atoms with E-state index in [9.17, 15) is 0 Å². The second-order valence-electron chi connectivity index (χ2n) is 3.52. The summed E-state index contributed by atoms with van der Waals surface area (Å²) in [5, 5.41) is 8.72. The second kappa shape index (κ2) is 9.22. The molecule has 0 aliphatic carbocycles. The van der Waals surface area contributed by atoms with Gasteiger partial charge in [0.15, 0.2) is 0 Å². The third-order valence-corrected chi connectivity index (χ3v) is 2.44. The lowest BCUT2D eigenvalue weighted by Gasteiger charge is -2.18. The summed E-state index contributed by atoms with van der Waals surface area (Å²) < 4.78 is 0. The highest BCUT2D eigenvalue weighted by Gasteiger charge is 1.99. The molecule has 2 nitrogen and oxygen atoms in total. The lowest BCUT2D eigenvalue weighted by atomic mass is 10.1. The van der Waals surface area contributed by atoms with Crippen LogP contribution in [0.3, 0.4) is 0 Å². The van der Waals surface area contributed by atoms with Gasteiger partial charge in [-0.15, -0.1) is 0 Å². The number of aryl methyl sites for hydroxylation is 1. The topological polar surface area (TPSA) is 23.5 Å². The van der Waals surface area contributed by atoms with Crippen molar-refractivity contribution in [2.45, 2.75) is 33.6 Å². The molecule has 0 atom stereocenters. The number of benzene rings is 1. The molecule has 0 saturated heterocycles. The van der Waals surface area contributed by atoms with E-state index in [-0.39, 0.29) is 6.61 Å².